The Hall–Kier alpha value is -3.00. The van der Waals surface area contributed by atoms with Gasteiger partial charge in [0.1, 0.15) is 4.90 Å². The summed E-state index contributed by atoms with van der Waals surface area (Å²) in [6.07, 6.45) is 1.24. The molecule has 0 saturated heterocycles. The van der Waals surface area contributed by atoms with Gasteiger partial charge in [0.25, 0.3) is 0 Å². The summed E-state index contributed by atoms with van der Waals surface area (Å²) in [7, 11) is -4.57. The number of ether oxygens (including phenoxy) is 2. The van der Waals surface area contributed by atoms with Crippen LogP contribution in [-0.2, 0) is 20.7 Å². The molecule has 0 bridgehead atoms. The normalized spacial score (nSPS) is 11.1. The molecule has 0 spiro atoms. The molecule has 0 fully saturated rings. The molecule has 2 rings (SSSR count). The highest BCUT2D eigenvalue weighted by molar-refractivity contribution is 7.91. The highest BCUT2D eigenvalue weighted by atomic mass is 32.2. The van der Waals surface area contributed by atoms with Crippen LogP contribution in [0.3, 0.4) is 0 Å². The Kier molecular flexibility index (Phi) is 6.69. The van der Waals surface area contributed by atoms with Gasteiger partial charge in [-0.1, -0.05) is 6.92 Å². The summed E-state index contributed by atoms with van der Waals surface area (Å²) in [6.45, 7) is 1.41. The van der Waals surface area contributed by atoms with Gasteiger partial charge in [0.2, 0.25) is 28.6 Å². The van der Waals surface area contributed by atoms with Crippen LogP contribution in [0.25, 0.3) is 0 Å². The molecule has 0 aliphatic carbocycles. The van der Waals surface area contributed by atoms with Crippen LogP contribution in [0, 0.1) is 0 Å². The Bertz CT molecular complexity index is 1030. The molecule has 0 aliphatic rings. The van der Waals surface area contributed by atoms with E-state index in [2.05, 4.69) is 15.0 Å². The SMILES string of the molecule is CCS(=O)(=O)c1cccnc1N(C(=O)N[SH](=O)=O)c1nc(OC)cc(OC)n1. The summed E-state index contributed by atoms with van der Waals surface area (Å²) >= 11 is 0. The molecule has 12 nitrogen and oxygen atoms in total. The number of carbonyl (C=O) groups is 1. The van der Waals surface area contributed by atoms with Gasteiger partial charge in [-0.3, -0.25) is 0 Å². The standard InChI is InChI=1S/C14H17N5O7S2/c1-4-28(23,24)9-6-5-7-15-12(9)19(14(20)18-27(21)22)13-16-10(25-2)8-11(17-13)26-3/h5-8,27H,4H2,1-3H3,(H,18,20,21,22). The molecule has 2 amide bonds. The number of hydrogen-bond acceptors (Lipinski definition) is 10. The van der Waals surface area contributed by atoms with Crippen LogP contribution >= 0.6 is 0 Å². The fraction of sp³-hybridized carbons (Fsp3) is 0.286. The van der Waals surface area contributed by atoms with E-state index in [-0.39, 0.29) is 28.2 Å². The summed E-state index contributed by atoms with van der Waals surface area (Å²) in [5, 5.41) is 0. The molecule has 0 saturated carbocycles. The van der Waals surface area contributed by atoms with Crippen molar-refractivity contribution in [1.29, 1.82) is 0 Å². The average molecular weight is 431 g/mol. The first-order chi connectivity index (χ1) is 13.2. The predicted octanol–water partition coefficient (Wildman–Crippen LogP) is 0.0565. The molecule has 1 N–H and O–H groups in total. The number of sulfone groups is 1. The summed E-state index contributed by atoms with van der Waals surface area (Å²) in [4.78, 5) is 24.7. The Morgan fingerprint density at radius 2 is 1.82 bits per heavy atom. The van der Waals surface area contributed by atoms with Gasteiger partial charge in [-0.15, -0.1) is 0 Å². The number of hydrogen-bond donors (Lipinski definition) is 2. The van der Waals surface area contributed by atoms with E-state index in [0.29, 0.717) is 4.90 Å². The number of rotatable bonds is 7. The Balaban J connectivity index is 2.78. The molecule has 14 heteroatoms. The van der Waals surface area contributed by atoms with Gasteiger partial charge in [-0.05, 0) is 12.1 Å². The van der Waals surface area contributed by atoms with E-state index >= 15 is 0 Å². The van der Waals surface area contributed by atoms with E-state index in [1.807, 2.05) is 0 Å². The van der Waals surface area contributed by atoms with Crippen molar-refractivity contribution >= 4 is 38.5 Å². The van der Waals surface area contributed by atoms with E-state index in [1.54, 1.807) is 4.72 Å². The van der Waals surface area contributed by atoms with Crippen LogP contribution in [0.15, 0.2) is 29.3 Å². The Morgan fingerprint density at radius 1 is 1.21 bits per heavy atom. The molecule has 28 heavy (non-hydrogen) atoms. The largest absolute Gasteiger partial charge is 0.481 e. The van der Waals surface area contributed by atoms with Crippen molar-refractivity contribution < 1.29 is 31.1 Å². The number of pyridine rings is 1. The van der Waals surface area contributed by atoms with Crippen LogP contribution in [0.5, 0.6) is 11.8 Å². The molecule has 0 radical (unpaired) electrons. The number of amides is 2. The number of methoxy groups -OCH3 is 2. The lowest BCUT2D eigenvalue weighted by molar-refractivity contribution is 0.252. The number of nitrogens with zero attached hydrogens (tertiary/aromatic N) is 4. The van der Waals surface area contributed by atoms with Gasteiger partial charge in [-0.25, -0.2) is 36.2 Å². The first kappa shape index (κ1) is 21.3. The number of nitrogens with one attached hydrogen (secondary N) is 1. The zero-order valence-electron chi connectivity index (χ0n) is 15.0. The summed E-state index contributed by atoms with van der Waals surface area (Å²) in [6, 6.07) is 2.67. The van der Waals surface area contributed by atoms with Crippen LogP contribution in [0.4, 0.5) is 16.6 Å². The van der Waals surface area contributed by atoms with Gasteiger partial charge in [0, 0.05) is 6.20 Å². The highest BCUT2D eigenvalue weighted by Crippen LogP contribution is 2.30. The van der Waals surface area contributed by atoms with Gasteiger partial charge in [0.15, 0.2) is 15.7 Å². The Labute approximate surface area is 162 Å². The third-order valence-corrected chi connectivity index (χ3v) is 5.48. The van der Waals surface area contributed by atoms with Crippen molar-refractivity contribution in [2.75, 3.05) is 24.9 Å². The minimum absolute atomic E-state index is 0.0120. The van der Waals surface area contributed by atoms with Crippen molar-refractivity contribution in [1.82, 2.24) is 19.7 Å². The monoisotopic (exact) mass is 431 g/mol. The number of aromatic nitrogens is 3. The smallest absolute Gasteiger partial charge is 0.343 e. The second-order valence-corrected chi connectivity index (χ2v) is 7.98. The molecular weight excluding hydrogens is 414 g/mol. The number of thiol groups is 1. The van der Waals surface area contributed by atoms with E-state index in [0.717, 1.165) is 0 Å². The van der Waals surface area contributed by atoms with E-state index in [9.17, 15) is 21.6 Å². The Morgan fingerprint density at radius 3 is 2.32 bits per heavy atom. The highest BCUT2D eigenvalue weighted by Gasteiger charge is 2.30. The van der Waals surface area contributed by atoms with Crippen LogP contribution < -0.4 is 19.1 Å². The van der Waals surface area contributed by atoms with Gasteiger partial charge < -0.3 is 9.47 Å². The van der Waals surface area contributed by atoms with Crippen molar-refractivity contribution in [2.45, 2.75) is 11.8 Å². The molecule has 2 aromatic rings. The van der Waals surface area contributed by atoms with E-state index < -0.39 is 32.7 Å². The molecule has 2 aromatic heterocycles. The molecule has 0 aliphatic heterocycles. The average Bonchev–Trinajstić information content (AvgIpc) is 2.67. The minimum Gasteiger partial charge on any atom is -0.481 e. The fourth-order valence-electron chi connectivity index (χ4n) is 2.06. The molecule has 0 atom stereocenters. The van der Waals surface area contributed by atoms with Gasteiger partial charge in [-0.2, -0.15) is 9.97 Å². The molecule has 0 aromatic carbocycles. The minimum atomic E-state index is -3.83. The summed E-state index contributed by atoms with van der Waals surface area (Å²) in [5.74, 6) is -1.09. The topological polar surface area (TPSA) is 158 Å². The second kappa shape index (κ2) is 8.79. The van der Waals surface area contributed by atoms with Crippen LogP contribution in [0.2, 0.25) is 0 Å². The van der Waals surface area contributed by atoms with Gasteiger partial charge in [0.05, 0.1) is 26.0 Å². The lowest BCUT2D eigenvalue weighted by Crippen LogP contribution is -2.38. The van der Waals surface area contributed by atoms with Crippen molar-refractivity contribution in [3.63, 3.8) is 0 Å². The molecule has 0 unspecified atom stereocenters. The van der Waals surface area contributed by atoms with Crippen LogP contribution in [0.1, 0.15) is 6.92 Å². The lowest BCUT2D eigenvalue weighted by atomic mass is 10.4. The third kappa shape index (κ3) is 4.64. The van der Waals surface area contributed by atoms with Crippen molar-refractivity contribution in [3.05, 3.63) is 24.4 Å². The number of anilines is 2. The van der Waals surface area contributed by atoms with Crippen molar-refractivity contribution in [3.8, 4) is 11.8 Å². The maximum Gasteiger partial charge on any atom is 0.343 e. The zero-order valence-corrected chi connectivity index (χ0v) is 16.7. The van der Waals surface area contributed by atoms with Crippen LogP contribution in [-0.4, -0.2) is 57.8 Å². The van der Waals surface area contributed by atoms with Crippen molar-refractivity contribution in [2.24, 2.45) is 0 Å². The first-order valence-electron chi connectivity index (χ1n) is 7.63. The van der Waals surface area contributed by atoms with Gasteiger partial charge >= 0.3 is 6.03 Å². The predicted molar refractivity (Wildman–Crippen MR) is 98.1 cm³/mol. The number of carbonyl (C=O) groups excluding carboxylic acids is 1. The molecular formula is C14H17N5O7S2. The molecule has 152 valence electrons. The lowest BCUT2D eigenvalue weighted by Gasteiger charge is -2.21. The van der Waals surface area contributed by atoms with E-state index in [1.165, 1.54) is 45.5 Å². The number of urea groups is 1. The molecule has 2 heterocycles. The second-order valence-electron chi connectivity index (χ2n) is 4.99. The third-order valence-electron chi connectivity index (χ3n) is 3.35. The quantitative estimate of drug-likeness (QED) is 0.574. The fourth-order valence-corrected chi connectivity index (χ4v) is 3.33. The summed E-state index contributed by atoms with van der Waals surface area (Å²) < 4.78 is 58.6. The maximum atomic E-state index is 12.6. The maximum absolute atomic E-state index is 12.6. The van der Waals surface area contributed by atoms with E-state index in [4.69, 9.17) is 9.47 Å². The summed E-state index contributed by atoms with van der Waals surface area (Å²) in [5.41, 5.74) is 0. The zero-order chi connectivity index (χ0) is 20.9. The first-order valence-corrected chi connectivity index (χ1v) is 10.5.